The van der Waals surface area contributed by atoms with Gasteiger partial charge in [0.2, 0.25) is 5.78 Å². The molecule has 0 atom stereocenters. The van der Waals surface area contributed by atoms with Crippen LogP contribution in [0.15, 0.2) is 59.9 Å². The highest BCUT2D eigenvalue weighted by atomic mass is 16.1. The number of Topliss-reactive ketones (excluding diaryl/α,β-unsaturated/α-hetero) is 2. The highest BCUT2D eigenvalue weighted by Gasteiger charge is 2.29. The minimum absolute atomic E-state index is 0.103. The van der Waals surface area contributed by atoms with Crippen molar-refractivity contribution in [3.8, 4) is 0 Å². The van der Waals surface area contributed by atoms with Crippen LogP contribution in [0.5, 0.6) is 0 Å². The topological polar surface area (TPSA) is 59.1 Å². The van der Waals surface area contributed by atoms with Crippen molar-refractivity contribution < 1.29 is 9.59 Å². The zero-order valence-electron chi connectivity index (χ0n) is 11.6. The molecule has 0 amide bonds. The number of carbonyl (C=O) groups is 2. The van der Waals surface area contributed by atoms with Crippen LogP contribution in [0.4, 0.5) is 0 Å². The molecule has 0 fully saturated rings. The van der Waals surface area contributed by atoms with E-state index < -0.39 is 0 Å². The number of benzene rings is 1. The Labute approximate surface area is 122 Å². The highest BCUT2D eigenvalue weighted by Crippen LogP contribution is 2.24. The maximum Gasteiger partial charge on any atom is 0.210 e. The van der Waals surface area contributed by atoms with Crippen LogP contribution in [0.3, 0.4) is 0 Å². The molecule has 2 aromatic rings. The molecule has 0 bridgehead atoms. The number of pyridine rings is 1. The lowest BCUT2D eigenvalue weighted by Crippen LogP contribution is -2.29. The SMILES string of the molecule is CC1=C(NCc2ccccn2)C(=O)c2ccccc2C1=O. The van der Waals surface area contributed by atoms with E-state index in [2.05, 4.69) is 10.3 Å². The van der Waals surface area contributed by atoms with Crippen LogP contribution in [0.25, 0.3) is 0 Å². The maximum atomic E-state index is 12.5. The molecule has 1 aliphatic carbocycles. The number of nitrogens with zero attached hydrogens (tertiary/aromatic N) is 1. The molecular weight excluding hydrogens is 264 g/mol. The lowest BCUT2D eigenvalue weighted by atomic mass is 9.88. The largest absolute Gasteiger partial charge is 0.376 e. The van der Waals surface area contributed by atoms with Gasteiger partial charge in [0.25, 0.3) is 0 Å². The molecule has 1 aromatic heterocycles. The number of ketones is 2. The molecule has 4 nitrogen and oxygen atoms in total. The summed E-state index contributed by atoms with van der Waals surface area (Å²) in [6, 6.07) is 12.5. The van der Waals surface area contributed by atoms with Gasteiger partial charge >= 0.3 is 0 Å². The summed E-state index contributed by atoms with van der Waals surface area (Å²) < 4.78 is 0. The van der Waals surface area contributed by atoms with E-state index in [4.69, 9.17) is 0 Å². The molecular formula is C17H14N2O2. The third-order valence-corrected chi connectivity index (χ3v) is 3.53. The summed E-state index contributed by atoms with van der Waals surface area (Å²) in [5.41, 5.74) is 2.57. The maximum absolute atomic E-state index is 12.5. The number of nitrogens with one attached hydrogen (secondary N) is 1. The minimum atomic E-state index is -0.140. The van der Waals surface area contributed by atoms with Gasteiger partial charge in [-0.3, -0.25) is 14.6 Å². The van der Waals surface area contributed by atoms with Crippen molar-refractivity contribution >= 4 is 11.6 Å². The van der Waals surface area contributed by atoms with Gasteiger partial charge in [-0.1, -0.05) is 30.3 Å². The molecule has 1 heterocycles. The number of allylic oxidation sites excluding steroid dienone is 2. The van der Waals surface area contributed by atoms with E-state index in [0.717, 1.165) is 5.69 Å². The first kappa shape index (κ1) is 13.2. The van der Waals surface area contributed by atoms with Crippen LogP contribution in [-0.2, 0) is 6.54 Å². The molecule has 1 aliphatic rings. The number of hydrogen-bond donors (Lipinski definition) is 1. The van der Waals surface area contributed by atoms with Crippen molar-refractivity contribution in [3.05, 3.63) is 76.8 Å². The smallest absolute Gasteiger partial charge is 0.210 e. The van der Waals surface area contributed by atoms with Gasteiger partial charge in [0.1, 0.15) is 0 Å². The number of fused-ring (bicyclic) bond motifs is 1. The van der Waals surface area contributed by atoms with Crippen LogP contribution < -0.4 is 5.32 Å². The fraction of sp³-hybridized carbons (Fsp3) is 0.118. The van der Waals surface area contributed by atoms with Crippen LogP contribution >= 0.6 is 0 Å². The minimum Gasteiger partial charge on any atom is -0.376 e. The summed E-state index contributed by atoms with van der Waals surface area (Å²) in [7, 11) is 0. The first-order valence-corrected chi connectivity index (χ1v) is 6.71. The predicted molar refractivity (Wildman–Crippen MR) is 78.9 cm³/mol. The Kier molecular flexibility index (Phi) is 3.36. The number of carbonyl (C=O) groups excluding carboxylic acids is 2. The lowest BCUT2D eigenvalue weighted by molar-refractivity contribution is 0.0968. The van der Waals surface area contributed by atoms with Gasteiger partial charge < -0.3 is 5.32 Å². The number of aromatic nitrogens is 1. The fourth-order valence-corrected chi connectivity index (χ4v) is 2.39. The summed E-state index contributed by atoms with van der Waals surface area (Å²) in [4.78, 5) is 29.0. The molecule has 1 aromatic carbocycles. The van der Waals surface area contributed by atoms with E-state index in [9.17, 15) is 9.59 Å². The van der Waals surface area contributed by atoms with Crippen LogP contribution in [0, 0.1) is 0 Å². The van der Waals surface area contributed by atoms with Crippen LogP contribution in [0.1, 0.15) is 33.3 Å². The molecule has 104 valence electrons. The second-order valence-corrected chi connectivity index (χ2v) is 4.88. The van der Waals surface area contributed by atoms with Gasteiger partial charge in [-0.15, -0.1) is 0 Å². The van der Waals surface area contributed by atoms with E-state index >= 15 is 0 Å². The Balaban J connectivity index is 1.90. The molecule has 4 heteroatoms. The molecule has 0 spiro atoms. The Morgan fingerprint density at radius 3 is 2.29 bits per heavy atom. The van der Waals surface area contributed by atoms with Gasteiger partial charge in [0.05, 0.1) is 17.9 Å². The monoisotopic (exact) mass is 278 g/mol. The van der Waals surface area contributed by atoms with E-state index in [-0.39, 0.29) is 11.6 Å². The summed E-state index contributed by atoms with van der Waals surface area (Å²) in [6.45, 7) is 2.09. The first-order chi connectivity index (χ1) is 10.2. The normalized spacial score (nSPS) is 14.1. The van der Waals surface area contributed by atoms with Crippen LogP contribution in [-0.4, -0.2) is 16.6 Å². The molecule has 0 aliphatic heterocycles. The van der Waals surface area contributed by atoms with Gasteiger partial charge in [-0.25, -0.2) is 0 Å². The Morgan fingerprint density at radius 1 is 0.952 bits per heavy atom. The molecule has 3 rings (SSSR count). The van der Waals surface area contributed by atoms with Gasteiger partial charge in [0.15, 0.2) is 5.78 Å². The molecule has 0 saturated heterocycles. The molecule has 0 radical (unpaired) electrons. The van der Waals surface area contributed by atoms with Gasteiger partial charge in [-0.05, 0) is 19.1 Å². The van der Waals surface area contributed by atoms with E-state index in [1.54, 1.807) is 37.4 Å². The number of hydrogen-bond acceptors (Lipinski definition) is 4. The van der Waals surface area contributed by atoms with Gasteiger partial charge in [0, 0.05) is 22.9 Å². The standard InChI is InChI=1S/C17H14N2O2/c1-11-15(19-10-12-6-4-5-9-18-12)17(21)14-8-3-2-7-13(14)16(11)20/h2-9,19H,10H2,1H3. The van der Waals surface area contributed by atoms with E-state index in [1.165, 1.54) is 0 Å². The summed E-state index contributed by atoms with van der Waals surface area (Å²) in [5, 5.41) is 3.06. The second kappa shape index (κ2) is 5.32. The highest BCUT2D eigenvalue weighted by molar-refractivity contribution is 6.26. The zero-order valence-corrected chi connectivity index (χ0v) is 11.6. The third-order valence-electron chi connectivity index (χ3n) is 3.53. The van der Waals surface area contributed by atoms with E-state index in [1.807, 2.05) is 18.2 Å². The molecule has 1 N–H and O–H groups in total. The Hall–Kier alpha value is -2.75. The summed E-state index contributed by atoms with van der Waals surface area (Å²) in [5.74, 6) is -0.243. The quantitative estimate of drug-likeness (QED) is 0.937. The van der Waals surface area contributed by atoms with Crippen molar-refractivity contribution in [1.29, 1.82) is 0 Å². The van der Waals surface area contributed by atoms with Gasteiger partial charge in [-0.2, -0.15) is 0 Å². The lowest BCUT2D eigenvalue weighted by Gasteiger charge is -2.19. The summed E-state index contributed by atoms with van der Waals surface area (Å²) >= 11 is 0. The zero-order chi connectivity index (χ0) is 14.8. The van der Waals surface area contributed by atoms with Crippen molar-refractivity contribution in [2.75, 3.05) is 0 Å². The Bertz CT molecular complexity index is 748. The predicted octanol–water partition coefficient (Wildman–Crippen LogP) is 2.52. The van der Waals surface area contributed by atoms with Crippen molar-refractivity contribution in [2.24, 2.45) is 0 Å². The second-order valence-electron chi connectivity index (χ2n) is 4.88. The third kappa shape index (κ3) is 2.36. The van der Waals surface area contributed by atoms with Crippen molar-refractivity contribution in [2.45, 2.75) is 13.5 Å². The van der Waals surface area contributed by atoms with E-state index in [0.29, 0.717) is 28.9 Å². The molecule has 0 unspecified atom stereocenters. The average molecular weight is 278 g/mol. The fourth-order valence-electron chi connectivity index (χ4n) is 2.39. The first-order valence-electron chi connectivity index (χ1n) is 6.71. The summed E-state index contributed by atoms with van der Waals surface area (Å²) in [6.07, 6.45) is 1.70. The number of rotatable bonds is 3. The average Bonchev–Trinajstić information content (AvgIpc) is 2.54. The van der Waals surface area contributed by atoms with Crippen LogP contribution in [0.2, 0.25) is 0 Å². The Morgan fingerprint density at radius 2 is 1.62 bits per heavy atom. The van der Waals surface area contributed by atoms with Crippen molar-refractivity contribution in [1.82, 2.24) is 10.3 Å². The van der Waals surface area contributed by atoms with Crippen molar-refractivity contribution in [3.63, 3.8) is 0 Å². The molecule has 0 saturated carbocycles. The molecule has 21 heavy (non-hydrogen) atoms.